The highest BCUT2D eigenvalue weighted by atomic mass is 35.5. The topological polar surface area (TPSA) is 38.3 Å². The summed E-state index contributed by atoms with van der Waals surface area (Å²) >= 11 is 5.84. The van der Waals surface area contributed by atoms with Gasteiger partial charge in [-0.15, -0.1) is 0 Å². The second-order valence-electron chi connectivity index (χ2n) is 5.67. The number of benzene rings is 3. The molecule has 0 spiro atoms. The molecule has 0 aromatic heterocycles. The maximum atomic E-state index is 12.0. The lowest BCUT2D eigenvalue weighted by atomic mass is 10.2. The summed E-state index contributed by atoms with van der Waals surface area (Å²) in [5.74, 6) is 0.557. The van der Waals surface area contributed by atoms with E-state index < -0.39 is 0 Å². The molecule has 0 saturated heterocycles. The average molecular weight is 364 g/mol. The van der Waals surface area contributed by atoms with Crippen molar-refractivity contribution in [1.29, 1.82) is 0 Å². The number of amides is 1. The number of anilines is 1. The van der Waals surface area contributed by atoms with E-state index >= 15 is 0 Å². The molecule has 0 heterocycles. The van der Waals surface area contributed by atoms with Gasteiger partial charge in [0.2, 0.25) is 5.91 Å². The van der Waals surface area contributed by atoms with E-state index in [-0.39, 0.29) is 5.91 Å². The van der Waals surface area contributed by atoms with Gasteiger partial charge in [-0.2, -0.15) is 0 Å². The zero-order valence-electron chi connectivity index (χ0n) is 14.1. The molecule has 0 aliphatic rings. The van der Waals surface area contributed by atoms with Gasteiger partial charge in [0.05, 0.1) is 0 Å². The third-order valence-corrected chi connectivity index (χ3v) is 3.92. The van der Waals surface area contributed by atoms with Crippen LogP contribution in [0.1, 0.15) is 11.1 Å². The zero-order chi connectivity index (χ0) is 18.2. The standard InChI is InChI=1S/C22H18ClNO2/c23-19-9-6-17(7-10-19)8-15-22(25)24-20-11-13-21(14-12-20)26-16-18-4-2-1-3-5-18/h1-15H,16H2,(H,24,25)/b15-8+. The first kappa shape index (κ1) is 17.8. The van der Waals surface area contributed by atoms with Crippen LogP contribution in [0, 0.1) is 0 Å². The van der Waals surface area contributed by atoms with Crippen molar-refractivity contribution in [1.82, 2.24) is 0 Å². The fourth-order valence-corrected chi connectivity index (χ4v) is 2.43. The second-order valence-corrected chi connectivity index (χ2v) is 6.11. The molecule has 4 heteroatoms. The number of carbonyl (C=O) groups is 1. The number of carbonyl (C=O) groups excluding carboxylic acids is 1. The number of halogens is 1. The van der Waals surface area contributed by atoms with E-state index in [9.17, 15) is 4.79 Å². The summed E-state index contributed by atoms with van der Waals surface area (Å²) in [6, 6.07) is 24.5. The lowest BCUT2D eigenvalue weighted by molar-refractivity contribution is -0.111. The predicted molar refractivity (Wildman–Crippen MR) is 106 cm³/mol. The lowest BCUT2D eigenvalue weighted by Crippen LogP contribution is -2.07. The normalized spacial score (nSPS) is 10.7. The molecule has 0 unspecified atom stereocenters. The molecule has 26 heavy (non-hydrogen) atoms. The Hall–Kier alpha value is -3.04. The first-order chi connectivity index (χ1) is 12.7. The maximum Gasteiger partial charge on any atom is 0.248 e. The molecule has 0 bridgehead atoms. The highest BCUT2D eigenvalue weighted by molar-refractivity contribution is 6.30. The lowest BCUT2D eigenvalue weighted by Gasteiger charge is -2.07. The van der Waals surface area contributed by atoms with Gasteiger partial charge in [-0.05, 0) is 53.6 Å². The van der Waals surface area contributed by atoms with Crippen LogP contribution in [0.2, 0.25) is 5.02 Å². The van der Waals surface area contributed by atoms with Crippen molar-refractivity contribution in [2.45, 2.75) is 6.61 Å². The molecule has 0 aliphatic heterocycles. The minimum atomic E-state index is -0.196. The van der Waals surface area contributed by atoms with E-state index in [0.717, 1.165) is 16.9 Å². The number of nitrogens with one attached hydrogen (secondary N) is 1. The van der Waals surface area contributed by atoms with Crippen molar-refractivity contribution < 1.29 is 9.53 Å². The largest absolute Gasteiger partial charge is 0.489 e. The maximum absolute atomic E-state index is 12.0. The molecule has 0 radical (unpaired) electrons. The van der Waals surface area contributed by atoms with Crippen molar-refractivity contribution in [3.05, 3.63) is 101 Å². The van der Waals surface area contributed by atoms with E-state index in [1.807, 2.05) is 66.7 Å². The fourth-order valence-electron chi connectivity index (χ4n) is 2.31. The third kappa shape index (κ3) is 5.50. The molecule has 1 N–H and O–H groups in total. The van der Waals surface area contributed by atoms with E-state index in [0.29, 0.717) is 17.3 Å². The Kier molecular flexibility index (Phi) is 6.07. The molecule has 1 amide bonds. The zero-order valence-corrected chi connectivity index (χ0v) is 14.8. The minimum absolute atomic E-state index is 0.196. The Labute approximate surface area is 157 Å². The summed E-state index contributed by atoms with van der Waals surface area (Å²) < 4.78 is 5.73. The van der Waals surface area contributed by atoms with Gasteiger partial charge in [-0.3, -0.25) is 4.79 Å². The average Bonchev–Trinajstić information content (AvgIpc) is 2.68. The first-order valence-corrected chi connectivity index (χ1v) is 8.58. The Morgan fingerprint density at radius 2 is 1.62 bits per heavy atom. The molecule has 0 fully saturated rings. The highest BCUT2D eigenvalue weighted by Gasteiger charge is 2.00. The van der Waals surface area contributed by atoms with E-state index in [1.54, 1.807) is 18.2 Å². The van der Waals surface area contributed by atoms with Crippen LogP contribution in [0.15, 0.2) is 84.9 Å². The molecular formula is C22H18ClNO2. The number of hydrogen-bond acceptors (Lipinski definition) is 2. The van der Waals surface area contributed by atoms with Gasteiger partial charge in [0.1, 0.15) is 12.4 Å². The summed E-state index contributed by atoms with van der Waals surface area (Å²) in [6.07, 6.45) is 3.23. The minimum Gasteiger partial charge on any atom is -0.489 e. The van der Waals surface area contributed by atoms with Gasteiger partial charge in [-0.25, -0.2) is 0 Å². The Morgan fingerprint density at radius 1 is 0.923 bits per heavy atom. The Morgan fingerprint density at radius 3 is 2.31 bits per heavy atom. The van der Waals surface area contributed by atoms with Crippen LogP contribution < -0.4 is 10.1 Å². The molecule has 3 nitrogen and oxygen atoms in total. The van der Waals surface area contributed by atoms with Gasteiger partial charge < -0.3 is 10.1 Å². The number of ether oxygens (including phenoxy) is 1. The van der Waals surface area contributed by atoms with Crippen LogP contribution in [0.5, 0.6) is 5.75 Å². The first-order valence-electron chi connectivity index (χ1n) is 8.20. The smallest absolute Gasteiger partial charge is 0.248 e. The van der Waals surface area contributed by atoms with E-state index in [4.69, 9.17) is 16.3 Å². The molecular weight excluding hydrogens is 346 g/mol. The number of rotatable bonds is 6. The van der Waals surface area contributed by atoms with Gasteiger partial charge in [0, 0.05) is 16.8 Å². The molecule has 0 saturated carbocycles. The summed E-state index contributed by atoms with van der Waals surface area (Å²) in [7, 11) is 0. The van der Waals surface area contributed by atoms with Gasteiger partial charge in [-0.1, -0.05) is 54.1 Å². The molecule has 3 aromatic rings. The van der Waals surface area contributed by atoms with Crippen molar-refractivity contribution in [2.24, 2.45) is 0 Å². The van der Waals surface area contributed by atoms with Crippen LogP contribution in [0.25, 0.3) is 6.08 Å². The number of hydrogen-bond donors (Lipinski definition) is 1. The van der Waals surface area contributed by atoms with E-state index in [2.05, 4.69) is 5.32 Å². The van der Waals surface area contributed by atoms with Crippen LogP contribution in [0.4, 0.5) is 5.69 Å². The van der Waals surface area contributed by atoms with Crippen molar-refractivity contribution in [2.75, 3.05) is 5.32 Å². The van der Waals surface area contributed by atoms with Crippen molar-refractivity contribution in [3.8, 4) is 5.75 Å². The fraction of sp³-hybridized carbons (Fsp3) is 0.0455. The monoisotopic (exact) mass is 363 g/mol. The quantitative estimate of drug-likeness (QED) is 0.581. The van der Waals surface area contributed by atoms with Gasteiger partial charge >= 0.3 is 0 Å². The van der Waals surface area contributed by atoms with Gasteiger partial charge in [0.15, 0.2) is 0 Å². The molecule has 0 aliphatic carbocycles. The summed E-state index contributed by atoms with van der Waals surface area (Å²) in [5.41, 5.74) is 2.73. The summed E-state index contributed by atoms with van der Waals surface area (Å²) in [5, 5.41) is 3.48. The highest BCUT2D eigenvalue weighted by Crippen LogP contribution is 2.17. The molecule has 0 atom stereocenters. The van der Waals surface area contributed by atoms with Crippen molar-refractivity contribution >= 4 is 29.3 Å². The second kappa shape index (κ2) is 8.88. The van der Waals surface area contributed by atoms with Gasteiger partial charge in [0.25, 0.3) is 0 Å². The van der Waals surface area contributed by atoms with Crippen LogP contribution >= 0.6 is 11.6 Å². The third-order valence-electron chi connectivity index (χ3n) is 3.67. The van der Waals surface area contributed by atoms with Crippen LogP contribution in [-0.2, 0) is 11.4 Å². The SMILES string of the molecule is O=C(/C=C/c1ccc(Cl)cc1)Nc1ccc(OCc2ccccc2)cc1. The van der Waals surface area contributed by atoms with Crippen molar-refractivity contribution in [3.63, 3.8) is 0 Å². The summed E-state index contributed by atoms with van der Waals surface area (Å²) in [4.78, 5) is 12.0. The molecule has 130 valence electrons. The predicted octanol–water partition coefficient (Wildman–Crippen LogP) is 5.57. The van der Waals surface area contributed by atoms with Crippen LogP contribution in [0.3, 0.4) is 0 Å². The molecule has 3 aromatic carbocycles. The summed E-state index contributed by atoms with van der Waals surface area (Å²) in [6.45, 7) is 0.510. The van der Waals surface area contributed by atoms with Crippen LogP contribution in [-0.4, -0.2) is 5.91 Å². The Bertz CT molecular complexity index is 872. The van der Waals surface area contributed by atoms with E-state index in [1.165, 1.54) is 6.08 Å². The molecule has 3 rings (SSSR count). The Balaban J connectivity index is 1.51.